The lowest BCUT2D eigenvalue weighted by atomic mass is 9.90. The third kappa shape index (κ3) is 9.60. The third-order valence-electron chi connectivity index (χ3n) is 8.67. The van der Waals surface area contributed by atoms with Crippen molar-refractivity contribution >= 4 is 21.7 Å². The standard InChI is InChI=1S/C33H46N2O7S/c1-23-9-7-8-12-28(23)30-17-25(13-14-29(30)32(36)34-31(33(37)38)15-16-43(3,39)40)19-35-20-27(18-26(35)22-41-2)42-21-24-10-5-4-6-11-24/h7-9,12-14,17,24,26-27,31H,4-6,10-11,15-16,18-22H2,1-3H3,(H,34,36)(H,37,38)/t26?,27-,31?/m0/s1. The molecule has 3 atom stereocenters. The number of likely N-dealkylation sites (tertiary alicyclic amines) is 1. The number of ether oxygens (including phenoxy) is 2. The highest BCUT2D eigenvalue weighted by molar-refractivity contribution is 7.90. The van der Waals surface area contributed by atoms with Crippen molar-refractivity contribution in [2.75, 3.05) is 38.9 Å². The van der Waals surface area contributed by atoms with Crippen LogP contribution < -0.4 is 5.32 Å². The number of carboxylic acid groups (broad SMARTS) is 1. The largest absolute Gasteiger partial charge is 0.480 e. The highest BCUT2D eigenvalue weighted by atomic mass is 32.2. The summed E-state index contributed by atoms with van der Waals surface area (Å²) in [4.78, 5) is 27.7. The van der Waals surface area contributed by atoms with Gasteiger partial charge in [-0.2, -0.15) is 0 Å². The van der Waals surface area contributed by atoms with Crippen LogP contribution in [-0.4, -0.2) is 87.4 Å². The molecular formula is C33H46N2O7S. The monoisotopic (exact) mass is 614 g/mol. The second-order valence-corrected chi connectivity index (χ2v) is 14.5. The molecule has 1 heterocycles. The Bertz CT molecular complexity index is 1360. The Kier molecular flexibility index (Phi) is 11.8. The molecule has 1 amide bonds. The van der Waals surface area contributed by atoms with Crippen molar-refractivity contribution in [3.8, 4) is 11.1 Å². The molecule has 2 aliphatic rings. The number of hydrogen-bond donors (Lipinski definition) is 2. The summed E-state index contributed by atoms with van der Waals surface area (Å²) >= 11 is 0. The Morgan fingerprint density at radius 1 is 1.07 bits per heavy atom. The number of nitrogens with zero attached hydrogens (tertiary/aromatic N) is 1. The summed E-state index contributed by atoms with van der Waals surface area (Å²) in [7, 11) is -1.67. The fourth-order valence-corrected chi connectivity index (χ4v) is 6.95. The second kappa shape index (κ2) is 15.3. The maximum atomic E-state index is 13.5. The van der Waals surface area contributed by atoms with Gasteiger partial charge in [0.2, 0.25) is 0 Å². The number of carbonyl (C=O) groups is 2. The number of nitrogens with one attached hydrogen (secondary N) is 1. The number of methoxy groups -OCH3 is 1. The van der Waals surface area contributed by atoms with Gasteiger partial charge < -0.3 is 19.9 Å². The van der Waals surface area contributed by atoms with Crippen molar-refractivity contribution in [2.45, 2.75) is 76.6 Å². The predicted octanol–water partition coefficient (Wildman–Crippen LogP) is 4.47. The zero-order valence-corrected chi connectivity index (χ0v) is 26.4. The average Bonchev–Trinajstić information content (AvgIpc) is 3.35. The molecule has 0 radical (unpaired) electrons. The molecule has 9 nitrogen and oxygen atoms in total. The third-order valence-corrected chi connectivity index (χ3v) is 9.65. The fourth-order valence-electron chi connectivity index (χ4n) is 6.29. The van der Waals surface area contributed by atoms with Crippen molar-refractivity contribution in [1.82, 2.24) is 10.2 Å². The lowest BCUT2D eigenvalue weighted by molar-refractivity contribution is -0.139. The van der Waals surface area contributed by atoms with Crippen LogP contribution in [0.25, 0.3) is 11.1 Å². The lowest BCUT2D eigenvalue weighted by Gasteiger charge is -2.25. The summed E-state index contributed by atoms with van der Waals surface area (Å²) in [6, 6.07) is 12.3. The average molecular weight is 615 g/mol. The maximum absolute atomic E-state index is 13.5. The Morgan fingerprint density at radius 2 is 1.81 bits per heavy atom. The van der Waals surface area contributed by atoms with Gasteiger partial charge in [0, 0.05) is 44.7 Å². The van der Waals surface area contributed by atoms with Gasteiger partial charge in [0.25, 0.3) is 5.91 Å². The number of hydrogen-bond acceptors (Lipinski definition) is 7. The summed E-state index contributed by atoms with van der Waals surface area (Å²) in [5, 5.41) is 12.2. The van der Waals surface area contributed by atoms with Gasteiger partial charge in [0.15, 0.2) is 0 Å². The zero-order chi connectivity index (χ0) is 31.0. The number of rotatable bonds is 14. The first-order chi connectivity index (χ1) is 20.5. The summed E-state index contributed by atoms with van der Waals surface area (Å²) in [5.74, 6) is -1.51. The van der Waals surface area contributed by atoms with Gasteiger partial charge in [-0.1, -0.05) is 49.6 Å². The van der Waals surface area contributed by atoms with E-state index < -0.39 is 27.8 Å². The summed E-state index contributed by atoms with van der Waals surface area (Å²) in [6.07, 6.45) is 8.34. The number of sulfone groups is 1. The molecule has 4 rings (SSSR count). The summed E-state index contributed by atoms with van der Waals surface area (Å²) in [6.45, 7) is 4.87. The summed E-state index contributed by atoms with van der Waals surface area (Å²) < 4.78 is 35.2. The van der Waals surface area contributed by atoms with E-state index in [0.29, 0.717) is 30.2 Å². The second-order valence-electron chi connectivity index (χ2n) is 12.2. The van der Waals surface area contributed by atoms with Crippen LogP contribution in [0.1, 0.15) is 66.4 Å². The molecule has 0 bridgehead atoms. The Hall–Kier alpha value is -2.79. The lowest BCUT2D eigenvalue weighted by Crippen LogP contribution is -2.42. The number of aryl methyl sites for hydroxylation is 1. The van der Waals surface area contributed by atoms with Crippen LogP contribution in [0.4, 0.5) is 0 Å². The minimum atomic E-state index is -3.39. The molecule has 2 aromatic rings. The Balaban J connectivity index is 1.54. The van der Waals surface area contributed by atoms with Crippen molar-refractivity contribution < 1.29 is 32.6 Å². The summed E-state index contributed by atoms with van der Waals surface area (Å²) in [5.41, 5.74) is 3.92. The molecule has 236 valence electrons. The van der Waals surface area contributed by atoms with Gasteiger partial charge in [-0.15, -0.1) is 0 Å². The van der Waals surface area contributed by atoms with Gasteiger partial charge in [-0.25, -0.2) is 13.2 Å². The molecule has 1 saturated heterocycles. The van der Waals surface area contributed by atoms with Crippen LogP contribution in [0.3, 0.4) is 0 Å². The van der Waals surface area contributed by atoms with E-state index in [-0.39, 0.29) is 24.3 Å². The van der Waals surface area contributed by atoms with E-state index in [0.717, 1.165) is 42.5 Å². The number of aliphatic carboxylic acids is 1. The molecule has 1 saturated carbocycles. The van der Waals surface area contributed by atoms with E-state index in [4.69, 9.17) is 9.47 Å². The molecule has 1 aliphatic heterocycles. The van der Waals surface area contributed by atoms with E-state index in [2.05, 4.69) is 10.2 Å². The molecule has 2 fully saturated rings. The van der Waals surface area contributed by atoms with Gasteiger partial charge in [-0.05, 0) is 72.9 Å². The van der Waals surface area contributed by atoms with Crippen molar-refractivity contribution in [3.63, 3.8) is 0 Å². The molecule has 2 unspecified atom stereocenters. The van der Waals surface area contributed by atoms with Gasteiger partial charge in [-0.3, -0.25) is 9.69 Å². The van der Waals surface area contributed by atoms with E-state index in [1.807, 2.05) is 43.3 Å². The van der Waals surface area contributed by atoms with Crippen molar-refractivity contribution in [1.29, 1.82) is 0 Å². The first-order valence-electron chi connectivity index (χ1n) is 15.3. The number of benzene rings is 2. The Morgan fingerprint density at radius 3 is 2.49 bits per heavy atom. The van der Waals surface area contributed by atoms with E-state index in [1.54, 1.807) is 13.2 Å². The zero-order valence-electron chi connectivity index (χ0n) is 25.6. The number of amides is 1. The molecule has 0 aromatic heterocycles. The molecular weight excluding hydrogens is 568 g/mol. The molecule has 0 spiro atoms. The van der Waals surface area contributed by atoms with E-state index in [9.17, 15) is 23.1 Å². The SMILES string of the molecule is COCC1C[C@H](OCC2CCCCC2)CN1Cc1ccc(C(=O)NC(CCS(C)(=O)=O)C(=O)O)c(-c2ccccc2C)c1. The van der Waals surface area contributed by atoms with Crippen LogP contribution in [0.2, 0.25) is 0 Å². The van der Waals surface area contributed by atoms with Crippen LogP contribution in [0.5, 0.6) is 0 Å². The maximum Gasteiger partial charge on any atom is 0.326 e. The number of carbonyl (C=O) groups excluding carboxylic acids is 1. The first-order valence-corrected chi connectivity index (χ1v) is 17.3. The quantitative estimate of drug-likeness (QED) is 0.320. The first kappa shape index (κ1) is 33.1. The molecule has 1 aliphatic carbocycles. The smallest absolute Gasteiger partial charge is 0.326 e. The minimum Gasteiger partial charge on any atom is -0.480 e. The normalized spacial score (nSPS) is 20.6. The highest BCUT2D eigenvalue weighted by Gasteiger charge is 2.33. The minimum absolute atomic E-state index is 0.155. The van der Waals surface area contributed by atoms with Crippen LogP contribution >= 0.6 is 0 Å². The van der Waals surface area contributed by atoms with E-state index in [1.165, 1.54) is 32.1 Å². The molecule has 10 heteroatoms. The van der Waals surface area contributed by atoms with Crippen molar-refractivity contribution in [2.24, 2.45) is 5.92 Å². The van der Waals surface area contributed by atoms with Gasteiger partial charge in [0.1, 0.15) is 15.9 Å². The van der Waals surface area contributed by atoms with Crippen molar-refractivity contribution in [3.05, 3.63) is 59.2 Å². The van der Waals surface area contributed by atoms with Crippen LogP contribution in [0.15, 0.2) is 42.5 Å². The Labute approximate surface area is 255 Å². The topological polar surface area (TPSA) is 122 Å². The number of carboxylic acids is 1. The highest BCUT2D eigenvalue weighted by Crippen LogP contribution is 2.31. The molecule has 43 heavy (non-hydrogen) atoms. The van der Waals surface area contributed by atoms with Crippen LogP contribution in [0, 0.1) is 12.8 Å². The van der Waals surface area contributed by atoms with E-state index >= 15 is 0 Å². The molecule has 2 N–H and O–H groups in total. The van der Waals surface area contributed by atoms with Crippen LogP contribution in [-0.2, 0) is 30.7 Å². The molecule has 2 aromatic carbocycles. The predicted molar refractivity (Wildman–Crippen MR) is 167 cm³/mol. The fraction of sp³-hybridized carbons (Fsp3) is 0.576. The van der Waals surface area contributed by atoms with Gasteiger partial charge in [0.05, 0.1) is 18.5 Å². The van der Waals surface area contributed by atoms with Gasteiger partial charge >= 0.3 is 5.97 Å².